The number of unbranched alkanes of at least 4 members (excludes halogenated alkanes) is 1. The standard InChI is InChI=1S/C32H54N4O11/c37-26(38)19-34(20-27(39)40)15-17-36(18-16-35(21-28(41)42)22-29(43)44)25(32(46)47)13-7-8-14-33-31(45)30(23-9-3-1-4-10-23)24-11-5-2-6-12-24/h23-25,30H,1-22H2,(H,33,45)(H,37,38)(H,39,40)(H,41,42)(H,43,44)(H,46,47). The van der Waals surface area contributed by atoms with Gasteiger partial charge >= 0.3 is 29.8 Å². The van der Waals surface area contributed by atoms with Gasteiger partial charge in [0.1, 0.15) is 6.04 Å². The van der Waals surface area contributed by atoms with Crippen LogP contribution in [0, 0.1) is 17.8 Å². The Bertz CT molecular complexity index is 941. The van der Waals surface area contributed by atoms with E-state index in [0.717, 1.165) is 61.2 Å². The van der Waals surface area contributed by atoms with E-state index in [9.17, 15) is 54.3 Å². The highest BCUT2D eigenvalue weighted by molar-refractivity contribution is 5.79. The van der Waals surface area contributed by atoms with Crippen molar-refractivity contribution in [2.45, 2.75) is 89.5 Å². The fourth-order valence-corrected chi connectivity index (χ4v) is 7.21. The number of nitrogens with one attached hydrogen (secondary N) is 1. The molecule has 0 saturated heterocycles. The predicted molar refractivity (Wildman–Crippen MR) is 170 cm³/mol. The van der Waals surface area contributed by atoms with E-state index in [-0.39, 0.29) is 44.4 Å². The number of nitrogens with zero attached hydrogens (tertiary/aromatic N) is 3. The summed E-state index contributed by atoms with van der Waals surface area (Å²) in [6, 6.07) is -1.09. The number of rotatable bonds is 24. The lowest BCUT2D eigenvalue weighted by atomic mass is 9.69. The normalized spacial score (nSPS) is 16.9. The molecule has 2 rings (SSSR count). The van der Waals surface area contributed by atoms with Crippen molar-refractivity contribution in [3.8, 4) is 0 Å². The number of amides is 1. The summed E-state index contributed by atoms with van der Waals surface area (Å²) in [6.45, 7) is -2.21. The van der Waals surface area contributed by atoms with E-state index in [1.54, 1.807) is 0 Å². The predicted octanol–water partition coefficient (Wildman–Crippen LogP) is 1.75. The second-order valence-electron chi connectivity index (χ2n) is 13.0. The SMILES string of the molecule is O=C(O)CN(CCN(CCN(CC(=O)O)CC(=O)O)C(CCCCNC(=O)C(C1CCCCC1)C1CCCCC1)C(=O)O)CC(=O)O. The molecule has 2 fully saturated rings. The van der Waals surface area contributed by atoms with Crippen LogP contribution >= 0.6 is 0 Å². The maximum atomic E-state index is 13.5. The molecular weight excluding hydrogens is 616 g/mol. The van der Waals surface area contributed by atoms with E-state index < -0.39 is 62.1 Å². The van der Waals surface area contributed by atoms with Crippen molar-refractivity contribution in [3.63, 3.8) is 0 Å². The van der Waals surface area contributed by atoms with Gasteiger partial charge in [-0.25, -0.2) is 0 Å². The zero-order valence-electron chi connectivity index (χ0n) is 27.4. The first-order valence-corrected chi connectivity index (χ1v) is 16.9. The maximum absolute atomic E-state index is 13.5. The zero-order valence-corrected chi connectivity index (χ0v) is 27.4. The van der Waals surface area contributed by atoms with Gasteiger partial charge in [0.25, 0.3) is 0 Å². The topological polar surface area (TPSA) is 225 Å². The van der Waals surface area contributed by atoms with E-state index >= 15 is 0 Å². The van der Waals surface area contributed by atoms with Crippen molar-refractivity contribution in [3.05, 3.63) is 0 Å². The highest BCUT2D eigenvalue weighted by Crippen LogP contribution is 2.40. The van der Waals surface area contributed by atoms with Crippen LogP contribution in [0.25, 0.3) is 0 Å². The third-order valence-corrected chi connectivity index (χ3v) is 9.39. The molecule has 0 aliphatic heterocycles. The molecule has 2 aliphatic rings. The number of hydrogen-bond donors (Lipinski definition) is 6. The number of hydrogen-bond acceptors (Lipinski definition) is 9. The molecule has 268 valence electrons. The van der Waals surface area contributed by atoms with Crippen LogP contribution in [-0.2, 0) is 28.8 Å². The molecule has 15 heteroatoms. The minimum absolute atomic E-state index is 0.0111. The molecule has 2 saturated carbocycles. The summed E-state index contributed by atoms with van der Waals surface area (Å²) in [5, 5.41) is 50.1. The fraction of sp³-hybridized carbons (Fsp3) is 0.812. The highest BCUT2D eigenvalue weighted by atomic mass is 16.4. The van der Waals surface area contributed by atoms with Crippen LogP contribution in [0.2, 0.25) is 0 Å². The molecule has 0 radical (unpaired) electrons. The number of aliphatic carboxylic acids is 5. The van der Waals surface area contributed by atoms with Crippen LogP contribution in [0.1, 0.15) is 83.5 Å². The summed E-state index contributed by atoms with van der Waals surface area (Å²) in [7, 11) is 0. The van der Waals surface area contributed by atoms with Crippen LogP contribution < -0.4 is 5.32 Å². The van der Waals surface area contributed by atoms with Gasteiger partial charge in [-0.15, -0.1) is 0 Å². The van der Waals surface area contributed by atoms with Crippen molar-refractivity contribution >= 4 is 35.8 Å². The van der Waals surface area contributed by atoms with E-state index in [1.807, 2.05) is 0 Å². The number of carbonyl (C=O) groups excluding carboxylic acids is 1. The Morgan fingerprint density at radius 1 is 0.574 bits per heavy atom. The summed E-state index contributed by atoms with van der Waals surface area (Å²) in [4.78, 5) is 74.8. The van der Waals surface area contributed by atoms with Crippen LogP contribution in [-0.4, -0.2) is 141 Å². The molecule has 15 nitrogen and oxygen atoms in total. The van der Waals surface area contributed by atoms with Crippen molar-refractivity contribution in [1.29, 1.82) is 0 Å². The van der Waals surface area contributed by atoms with E-state index in [1.165, 1.54) is 17.7 Å². The molecule has 0 aromatic carbocycles. The molecule has 1 amide bonds. The number of carbonyl (C=O) groups is 6. The van der Waals surface area contributed by atoms with E-state index in [2.05, 4.69) is 5.32 Å². The van der Waals surface area contributed by atoms with Crippen molar-refractivity contribution in [2.75, 3.05) is 58.9 Å². The third kappa shape index (κ3) is 15.9. The molecule has 0 heterocycles. The maximum Gasteiger partial charge on any atom is 0.320 e. The Labute approximate surface area is 276 Å². The molecular formula is C32H54N4O11. The zero-order chi connectivity index (χ0) is 34.8. The van der Waals surface area contributed by atoms with Gasteiger partial charge in [0, 0.05) is 38.6 Å². The molecule has 1 unspecified atom stereocenters. The first-order chi connectivity index (χ1) is 22.4. The summed E-state index contributed by atoms with van der Waals surface area (Å²) in [6.07, 6.45) is 12.5. The van der Waals surface area contributed by atoms with Crippen LogP contribution in [0.15, 0.2) is 0 Å². The Morgan fingerprint density at radius 3 is 1.34 bits per heavy atom. The van der Waals surface area contributed by atoms with Gasteiger partial charge in [0.15, 0.2) is 0 Å². The number of carboxylic acids is 5. The Kier molecular flexibility index (Phi) is 18.3. The summed E-state index contributed by atoms with van der Waals surface area (Å²) in [5.74, 6) is -5.27. The van der Waals surface area contributed by atoms with Gasteiger partial charge in [0.2, 0.25) is 5.91 Å². The van der Waals surface area contributed by atoms with Crippen molar-refractivity contribution < 1.29 is 54.3 Å². The Morgan fingerprint density at radius 2 is 0.979 bits per heavy atom. The van der Waals surface area contributed by atoms with Gasteiger partial charge < -0.3 is 30.8 Å². The second kappa shape index (κ2) is 21.5. The highest BCUT2D eigenvalue weighted by Gasteiger charge is 2.36. The second-order valence-corrected chi connectivity index (χ2v) is 13.0. The van der Waals surface area contributed by atoms with Gasteiger partial charge in [-0.2, -0.15) is 0 Å². The largest absolute Gasteiger partial charge is 0.480 e. The quantitative estimate of drug-likeness (QED) is 0.0805. The smallest absolute Gasteiger partial charge is 0.320 e. The molecule has 0 aromatic rings. The minimum Gasteiger partial charge on any atom is -0.480 e. The van der Waals surface area contributed by atoms with Gasteiger partial charge in [-0.05, 0) is 56.8 Å². The van der Waals surface area contributed by atoms with E-state index in [0.29, 0.717) is 31.2 Å². The first-order valence-electron chi connectivity index (χ1n) is 16.9. The average molecular weight is 671 g/mol. The van der Waals surface area contributed by atoms with E-state index in [4.69, 9.17) is 0 Å². The van der Waals surface area contributed by atoms with Crippen molar-refractivity contribution in [1.82, 2.24) is 20.0 Å². The van der Waals surface area contributed by atoms with Crippen LogP contribution in [0.3, 0.4) is 0 Å². The lowest BCUT2D eigenvalue weighted by Crippen LogP contribution is -2.50. The van der Waals surface area contributed by atoms with Crippen LogP contribution in [0.4, 0.5) is 0 Å². The monoisotopic (exact) mass is 670 g/mol. The lowest BCUT2D eigenvalue weighted by Gasteiger charge is -2.36. The lowest BCUT2D eigenvalue weighted by molar-refractivity contribution is -0.146. The molecule has 2 aliphatic carbocycles. The van der Waals surface area contributed by atoms with Gasteiger partial charge in [0.05, 0.1) is 26.2 Å². The molecule has 0 spiro atoms. The first kappa shape index (κ1) is 39.9. The average Bonchev–Trinajstić information content (AvgIpc) is 2.99. The molecule has 0 bridgehead atoms. The van der Waals surface area contributed by atoms with Crippen LogP contribution in [0.5, 0.6) is 0 Å². The van der Waals surface area contributed by atoms with Gasteiger partial charge in [-0.3, -0.25) is 43.5 Å². The summed E-state index contributed by atoms with van der Waals surface area (Å²) < 4.78 is 0. The summed E-state index contributed by atoms with van der Waals surface area (Å²) in [5.41, 5.74) is 0. The number of carboxylic acid groups (broad SMARTS) is 5. The Balaban J connectivity index is 2.05. The molecule has 0 aromatic heterocycles. The summed E-state index contributed by atoms with van der Waals surface area (Å²) >= 11 is 0. The van der Waals surface area contributed by atoms with Gasteiger partial charge in [-0.1, -0.05) is 38.5 Å². The molecule has 1 atom stereocenters. The fourth-order valence-electron chi connectivity index (χ4n) is 7.21. The third-order valence-electron chi connectivity index (χ3n) is 9.39. The molecule has 6 N–H and O–H groups in total. The van der Waals surface area contributed by atoms with Crippen molar-refractivity contribution in [2.24, 2.45) is 17.8 Å². The Hall–Kier alpha value is -3.30. The minimum atomic E-state index is -1.25. The molecule has 47 heavy (non-hydrogen) atoms.